The molecule has 0 radical (unpaired) electrons. The quantitative estimate of drug-likeness (QED) is 0.396. The molecule has 0 aliphatic carbocycles. The summed E-state index contributed by atoms with van der Waals surface area (Å²) in [5, 5.41) is 0. The van der Waals surface area contributed by atoms with Gasteiger partial charge in [0, 0.05) is 49.3 Å². The smallest absolute Gasteiger partial charge is 0.223 e. The van der Waals surface area contributed by atoms with Crippen molar-refractivity contribution in [2.75, 3.05) is 11.4 Å². The molecule has 0 unspecified atom stereocenters. The Kier molecular flexibility index (Phi) is 5.95. The lowest BCUT2D eigenvalue weighted by Crippen LogP contribution is -2.36. The summed E-state index contributed by atoms with van der Waals surface area (Å²) in [4.78, 5) is 13.9. The molecule has 7 heteroatoms. The standard InChI is InChI=1S/C26H26N2O4S/c1-19(29)27(20-10-6-4-7-11-20)17-16-25-26(2,3)23-18-22(33(30,31)32)14-15-24(23)28(25)21-12-8-5-9-13-21/h4-15,18H,16-17H2,1-3H3. The van der Waals surface area contributed by atoms with E-state index in [1.807, 2.05) is 74.5 Å². The zero-order valence-corrected chi connectivity index (χ0v) is 19.7. The summed E-state index contributed by atoms with van der Waals surface area (Å²) in [6.45, 7) is 6.05. The normalized spacial score (nSPS) is 14.8. The number of hydrogen-bond donors (Lipinski definition) is 0. The summed E-state index contributed by atoms with van der Waals surface area (Å²) in [7, 11) is -4.58. The average molecular weight is 463 g/mol. The van der Waals surface area contributed by atoms with Gasteiger partial charge in [0.1, 0.15) is 10.1 Å². The highest BCUT2D eigenvalue weighted by molar-refractivity contribution is 7.85. The van der Waals surface area contributed by atoms with Crippen molar-refractivity contribution in [3.63, 3.8) is 0 Å². The molecule has 6 nitrogen and oxygen atoms in total. The average Bonchev–Trinajstić information content (AvgIpc) is 3.00. The lowest BCUT2D eigenvalue weighted by molar-refractivity contribution is -0.116. The number of carbonyl (C=O) groups excluding carboxylic acids is 1. The Hall–Kier alpha value is -3.29. The number of fused-ring (bicyclic) bond motifs is 1. The lowest BCUT2D eigenvalue weighted by atomic mass is 9.80. The largest absolute Gasteiger partial charge is 0.744 e. The zero-order valence-electron chi connectivity index (χ0n) is 18.9. The predicted molar refractivity (Wildman–Crippen MR) is 129 cm³/mol. The molecule has 0 N–H and O–H groups in total. The van der Waals surface area contributed by atoms with Crippen molar-refractivity contribution in [2.24, 2.45) is 0 Å². The third kappa shape index (κ3) is 4.34. The molecule has 0 atom stereocenters. The van der Waals surface area contributed by atoms with Crippen LogP contribution in [0.4, 0.5) is 17.1 Å². The van der Waals surface area contributed by atoms with E-state index >= 15 is 0 Å². The van der Waals surface area contributed by atoms with Gasteiger partial charge in [0.2, 0.25) is 17.3 Å². The third-order valence-corrected chi connectivity index (χ3v) is 7.03. The first-order valence-electron chi connectivity index (χ1n) is 10.8. The van der Waals surface area contributed by atoms with Gasteiger partial charge in [0.05, 0.1) is 10.3 Å². The van der Waals surface area contributed by atoms with Gasteiger partial charge in [-0.2, -0.15) is 4.58 Å². The van der Waals surface area contributed by atoms with Crippen molar-refractivity contribution in [3.05, 3.63) is 84.4 Å². The monoisotopic (exact) mass is 462 g/mol. The van der Waals surface area contributed by atoms with Gasteiger partial charge < -0.3 is 9.45 Å². The van der Waals surface area contributed by atoms with E-state index < -0.39 is 15.5 Å². The van der Waals surface area contributed by atoms with E-state index in [4.69, 9.17) is 0 Å². The van der Waals surface area contributed by atoms with E-state index in [-0.39, 0.29) is 10.8 Å². The predicted octanol–water partition coefficient (Wildman–Crippen LogP) is 4.60. The molecule has 170 valence electrons. The summed E-state index contributed by atoms with van der Waals surface area (Å²) in [6.07, 6.45) is 0.560. The van der Waals surface area contributed by atoms with E-state index in [0.717, 1.165) is 28.3 Å². The molecule has 1 aliphatic rings. The van der Waals surface area contributed by atoms with Crippen LogP contribution in [0.15, 0.2) is 83.8 Å². The van der Waals surface area contributed by atoms with Crippen molar-refractivity contribution in [2.45, 2.75) is 37.5 Å². The molecule has 0 aromatic heterocycles. The lowest BCUT2D eigenvalue weighted by Gasteiger charge is -2.23. The second kappa shape index (κ2) is 8.57. The molecule has 1 amide bonds. The second-order valence-corrected chi connectivity index (χ2v) is 10.0. The molecule has 3 aromatic rings. The minimum Gasteiger partial charge on any atom is -0.744 e. The van der Waals surface area contributed by atoms with Crippen molar-refractivity contribution in [1.82, 2.24) is 4.58 Å². The number of nitrogens with zero attached hydrogens (tertiary/aromatic N) is 2. The number of anilines is 1. The maximum Gasteiger partial charge on any atom is 0.223 e. The summed E-state index contributed by atoms with van der Waals surface area (Å²) in [5.74, 6) is -0.0545. The molecule has 1 aliphatic heterocycles. The van der Waals surface area contributed by atoms with Crippen molar-refractivity contribution in [3.8, 4) is 0 Å². The summed E-state index contributed by atoms with van der Waals surface area (Å²) in [6, 6.07) is 23.9. The highest BCUT2D eigenvalue weighted by atomic mass is 32.2. The molecular weight excluding hydrogens is 436 g/mol. The van der Waals surface area contributed by atoms with E-state index in [0.29, 0.717) is 13.0 Å². The maximum absolute atomic E-state index is 12.4. The van der Waals surface area contributed by atoms with Crippen LogP contribution in [0.25, 0.3) is 0 Å². The van der Waals surface area contributed by atoms with Gasteiger partial charge in [0.15, 0.2) is 5.71 Å². The molecule has 0 spiro atoms. The Bertz CT molecular complexity index is 1330. The van der Waals surface area contributed by atoms with Crippen molar-refractivity contribution < 1.29 is 17.8 Å². The van der Waals surface area contributed by atoms with E-state index in [1.54, 1.807) is 17.9 Å². The maximum atomic E-state index is 12.4. The minimum absolute atomic E-state index is 0.0545. The van der Waals surface area contributed by atoms with Crippen LogP contribution < -0.4 is 9.48 Å². The van der Waals surface area contributed by atoms with Crippen LogP contribution in [0.3, 0.4) is 0 Å². The first-order valence-corrected chi connectivity index (χ1v) is 12.2. The Labute approximate surface area is 194 Å². The number of para-hydroxylation sites is 2. The van der Waals surface area contributed by atoms with Crippen LogP contribution in [-0.4, -0.2) is 31.1 Å². The molecular formula is C26H26N2O4S. The van der Waals surface area contributed by atoms with Gasteiger partial charge in [-0.15, -0.1) is 0 Å². The van der Waals surface area contributed by atoms with Crippen LogP contribution >= 0.6 is 0 Å². The fraction of sp³-hybridized carbons (Fsp3) is 0.231. The molecule has 0 saturated carbocycles. The zero-order chi connectivity index (χ0) is 23.8. The first kappa shape index (κ1) is 22.9. The van der Waals surface area contributed by atoms with Crippen LogP contribution in [0.5, 0.6) is 0 Å². The number of amides is 1. The number of hydrogen-bond acceptors (Lipinski definition) is 4. The molecule has 33 heavy (non-hydrogen) atoms. The molecule has 1 heterocycles. The van der Waals surface area contributed by atoms with E-state index in [2.05, 4.69) is 4.58 Å². The summed E-state index contributed by atoms with van der Waals surface area (Å²) < 4.78 is 37.2. The molecule has 3 aromatic carbocycles. The van der Waals surface area contributed by atoms with Crippen LogP contribution in [0, 0.1) is 0 Å². The fourth-order valence-corrected chi connectivity index (χ4v) is 5.03. The van der Waals surface area contributed by atoms with Crippen LogP contribution in [-0.2, 0) is 20.3 Å². The number of carbonyl (C=O) groups is 1. The fourth-order valence-electron chi connectivity index (χ4n) is 4.54. The van der Waals surface area contributed by atoms with Gasteiger partial charge in [-0.05, 0) is 38.1 Å². The van der Waals surface area contributed by atoms with Crippen LogP contribution in [0.1, 0.15) is 32.8 Å². The van der Waals surface area contributed by atoms with Gasteiger partial charge in [0.25, 0.3) is 0 Å². The Morgan fingerprint density at radius 1 is 0.970 bits per heavy atom. The third-order valence-electron chi connectivity index (χ3n) is 6.20. The Balaban J connectivity index is 1.82. The first-order chi connectivity index (χ1) is 15.6. The highest BCUT2D eigenvalue weighted by Crippen LogP contribution is 2.43. The Morgan fingerprint density at radius 2 is 1.58 bits per heavy atom. The SMILES string of the molecule is CC(=O)N(CCC1=[N+](c2ccccc2)c2ccc(S(=O)(=O)[O-])cc2C1(C)C)c1ccccc1. The van der Waals surface area contributed by atoms with E-state index in [1.165, 1.54) is 12.1 Å². The molecule has 0 bridgehead atoms. The van der Waals surface area contributed by atoms with E-state index in [9.17, 15) is 17.8 Å². The minimum atomic E-state index is -4.58. The van der Waals surface area contributed by atoms with Gasteiger partial charge in [-0.3, -0.25) is 4.79 Å². The van der Waals surface area contributed by atoms with Crippen molar-refractivity contribution >= 4 is 38.8 Å². The number of benzene rings is 3. The topological polar surface area (TPSA) is 80.5 Å². The Morgan fingerprint density at radius 3 is 2.15 bits per heavy atom. The summed E-state index contributed by atoms with van der Waals surface area (Å²) >= 11 is 0. The summed E-state index contributed by atoms with van der Waals surface area (Å²) in [5.41, 5.74) is 3.84. The highest BCUT2D eigenvalue weighted by Gasteiger charge is 2.46. The number of rotatable bonds is 6. The molecule has 4 rings (SSSR count). The molecule has 0 fully saturated rings. The molecule has 0 saturated heterocycles. The van der Waals surface area contributed by atoms with Crippen LogP contribution in [0.2, 0.25) is 0 Å². The van der Waals surface area contributed by atoms with Gasteiger partial charge >= 0.3 is 0 Å². The van der Waals surface area contributed by atoms with Gasteiger partial charge in [-0.1, -0.05) is 36.4 Å². The second-order valence-electron chi connectivity index (χ2n) is 8.63. The van der Waals surface area contributed by atoms with Crippen molar-refractivity contribution in [1.29, 1.82) is 0 Å². The van der Waals surface area contributed by atoms with Gasteiger partial charge in [-0.25, -0.2) is 8.42 Å².